The summed E-state index contributed by atoms with van der Waals surface area (Å²) in [6.07, 6.45) is -10.0. The molecule has 0 saturated carbocycles. The van der Waals surface area contributed by atoms with Crippen molar-refractivity contribution in [3.63, 3.8) is 0 Å². The number of carboxylic acids is 1. The number of nitrogens with zero attached hydrogens (tertiary/aromatic N) is 2. The highest BCUT2D eigenvalue weighted by Gasteiger charge is 2.40. The second-order valence-electron chi connectivity index (χ2n) is 6.97. The first-order valence-electron chi connectivity index (χ1n) is 10.0. The SMILES string of the molecule is CCOc1ccccc1N1CCN(C(=O)c2ccc(C(=O)C(F)(F)F)s2)CC1.O=C(O)C(F)(F)F. The molecule has 1 fully saturated rings. The first-order valence-corrected chi connectivity index (χ1v) is 10.8. The van der Waals surface area contributed by atoms with Crippen LogP contribution in [-0.2, 0) is 4.79 Å². The van der Waals surface area contributed by atoms with Gasteiger partial charge in [-0.05, 0) is 31.2 Å². The van der Waals surface area contributed by atoms with Crippen molar-refractivity contribution in [2.24, 2.45) is 0 Å². The highest BCUT2D eigenvalue weighted by molar-refractivity contribution is 7.16. The van der Waals surface area contributed by atoms with E-state index < -0.39 is 29.0 Å². The van der Waals surface area contributed by atoms with Crippen LogP contribution in [0.4, 0.5) is 32.0 Å². The summed E-state index contributed by atoms with van der Waals surface area (Å²) in [6.45, 7) is 4.48. The molecular formula is C21H20F6N2O5S. The van der Waals surface area contributed by atoms with E-state index in [2.05, 4.69) is 4.90 Å². The number of carboxylic acid groups (broad SMARTS) is 1. The number of para-hydroxylation sites is 2. The molecule has 0 atom stereocenters. The number of hydrogen-bond donors (Lipinski definition) is 1. The number of piperazine rings is 1. The minimum atomic E-state index is -5.08. The summed E-state index contributed by atoms with van der Waals surface area (Å²) in [6, 6.07) is 9.99. The van der Waals surface area contributed by atoms with E-state index in [1.807, 2.05) is 31.2 Å². The van der Waals surface area contributed by atoms with Crippen LogP contribution < -0.4 is 9.64 Å². The van der Waals surface area contributed by atoms with Crippen molar-refractivity contribution in [2.75, 3.05) is 37.7 Å². The molecule has 14 heteroatoms. The van der Waals surface area contributed by atoms with Crippen LogP contribution in [0.3, 0.4) is 0 Å². The molecule has 1 N–H and O–H groups in total. The molecule has 0 radical (unpaired) electrons. The number of benzene rings is 1. The van der Waals surface area contributed by atoms with Gasteiger partial charge in [0, 0.05) is 26.2 Å². The molecule has 0 unspecified atom stereocenters. The molecule has 1 aliphatic rings. The Morgan fingerprint density at radius 3 is 1.97 bits per heavy atom. The van der Waals surface area contributed by atoms with Gasteiger partial charge in [-0.25, -0.2) is 4.79 Å². The van der Waals surface area contributed by atoms with Crippen LogP contribution >= 0.6 is 11.3 Å². The number of carbonyl (C=O) groups is 3. The number of ether oxygens (including phenoxy) is 1. The Hall–Kier alpha value is -3.29. The van der Waals surface area contributed by atoms with Crippen molar-refractivity contribution >= 4 is 34.7 Å². The van der Waals surface area contributed by atoms with Gasteiger partial charge in [-0.2, -0.15) is 26.3 Å². The topological polar surface area (TPSA) is 87.2 Å². The molecule has 1 aromatic heterocycles. The number of halogens is 6. The highest BCUT2D eigenvalue weighted by atomic mass is 32.1. The molecule has 7 nitrogen and oxygen atoms in total. The van der Waals surface area contributed by atoms with E-state index in [4.69, 9.17) is 14.6 Å². The van der Waals surface area contributed by atoms with Crippen LogP contribution in [0.15, 0.2) is 36.4 Å². The predicted octanol–water partition coefficient (Wildman–Crippen LogP) is 4.49. The van der Waals surface area contributed by atoms with Crippen LogP contribution in [0, 0.1) is 0 Å². The maximum absolute atomic E-state index is 12.6. The van der Waals surface area contributed by atoms with E-state index in [1.54, 1.807) is 4.90 Å². The molecule has 2 heterocycles. The summed E-state index contributed by atoms with van der Waals surface area (Å²) in [5.74, 6) is -4.26. The molecule has 3 rings (SSSR count). The van der Waals surface area contributed by atoms with Gasteiger partial charge in [-0.15, -0.1) is 11.3 Å². The van der Waals surface area contributed by atoms with E-state index in [-0.39, 0.29) is 10.8 Å². The number of carbonyl (C=O) groups excluding carboxylic acids is 2. The number of amides is 1. The molecule has 1 amide bonds. The van der Waals surface area contributed by atoms with Crippen LogP contribution in [0.25, 0.3) is 0 Å². The fourth-order valence-electron chi connectivity index (χ4n) is 3.02. The number of Topliss-reactive ketones (excluding diaryl/α,β-unsaturated/α-hetero) is 1. The summed E-state index contributed by atoms with van der Waals surface area (Å²) >= 11 is 0.581. The van der Waals surface area contributed by atoms with Gasteiger partial charge in [0.05, 0.1) is 22.0 Å². The summed E-state index contributed by atoms with van der Waals surface area (Å²) in [7, 11) is 0. The van der Waals surface area contributed by atoms with Crippen LogP contribution in [-0.4, -0.2) is 72.8 Å². The fourth-order valence-corrected chi connectivity index (χ4v) is 3.95. The van der Waals surface area contributed by atoms with Gasteiger partial charge in [-0.1, -0.05) is 12.1 Å². The van der Waals surface area contributed by atoms with Crippen LogP contribution in [0.2, 0.25) is 0 Å². The van der Waals surface area contributed by atoms with Crippen LogP contribution in [0.1, 0.15) is 26.3 Å². The monoisotopic (exact) mass is 526 g/mol. The Labute approximate surface area is 199 Å². The molecule has 192 valence electrons. The first kappa shape index (κ1) is 28.0. The lowest BCUT2D eigenvalue weighted by molar-refractivity contribution is -0.192. The second-order valence-corrected chi connectivity index (χ2v) is 8.06. The summed E-state index contributed by atoms with van der Waals surface area (Å²) in [5.41, 5.74) is 0.950. The van der Waals surface area contributed by atoms with Crippen molar-refractivity contribution in [3.05, 3.63) is 46.2 Å². The Morgan fingerprint density at radius 2 is 1.46 bits per heavy atom. The van der Waals surface area contributed by atoms with Gasteiger partial charge in [0.25, 0.3) is 11.7 Å². The molecule has 1 saturated heterocycles. The largest absolute Gasteiger partial charge is 0.492 e. The number of alkyl halides is 6. The molecule has 0 bridgehead atoms. The van der Waals surface area contributed by atoms with Gasteiger partial charge < -0.3 is 19.6 Å². The number of hydrogen-bond acceptors (Lipinski definition) is 6. The maximum Gasteiger partial charge on any atom is 0.490 e. The van der Waals surface area contributed by atoms with Crippen molar-refractivity contribution in [1.82, 2.24) is 4.90 Å². The van der Waals surface area contributed by atoms with Gasteiger partial charge in [0.1, 0.15) is 5.75 Å². The average molecular weight is 526 g/mol. The molecule has 35 heavy (non-hydrogen) atoms. The lowest BCUT2D eigenvalue weighted by atomic mass is 10.2. The van der Waals surface area contributed by atoms with E-state index in [9.17, 15) is 35.9 Å². The number of thiophene rings is 1. The number of ketones is 1. The molecule has 1 aliphatic heterocycles. The lowest BCUT2D eigenvalue weighted by Gasteiger charge is -2.36. The van der Waals surface area contributed by atoms with E-state index in [0.717, 1.165) is 17.5 Å². The van der Waals surface area contributed by atoms with Crippen molar-refractivity contribution < 1.29 is 50.6 Å². The second kappa shape index (κ2) is 11.4. The fraction of sp³-hybridized carbons (Fsp3) is 0.381. The summed E-state index contributed by atoms with van der Waals surface area (Å²) in [5, 5.41) is 7.12. The quantitative estimate of drug-likeness (QED) is 0.457. The van der Waals surface area contributed by atoms with E-state index in [0.29, 0.717) is 44.1 Å². The molecule has 1 aromatic carbocycles. The van der Waals surface area contributed by atoms with Crippen molar-refractivity contribution in [1.29, 1.82) is 0 Å². The van der Waals surface area contributed by atoms with Gasteiger partial charge in [0.15, 0.2) is 0 Å². The zero-order chi connectivity index (χ0) is 26.4. The van der Waals surface area contributed by atoms with Crippen molar-refractivity contribution in [2.45, 2.75) is 19.3 Å². The van der Waals surface area contributed by atoms with Gasteiger partial charge >= 0.3 is 18.3 Å². The lowest BCUT2D eigenvalue weighted by Crippen LogP contribution is -2.48. The Bertz CT molecular complexity index is 1050. The van der Waals surface area contributed by atoms with Crippen LogP contribution in [0.5, 0.6) is 5.75 Å². The number of anilines is 1. The smallest absolute Gasteiger partial charge is 0.490 e. The normalized spacial score (nSPS) is 14.1. The molecule has 2 aromatic rings. The summed E-state index contributed by atoms with van der Waals surface area (Å²) < 4.78 is 75.0. The summed E-state index contributed by atoms with van der Waals surface area (Å²) in [4.78, 5) is 36.2. The standard InChI is InChI=1S/C19H19F3N2O3S.C2HF3O2/c1-2-27-14-6-4-3-5-13(14)23-9-11-24(12-10-23)18(26)16-8-7-15(28-16)17(25)19(20,21)22;3-2(4,5)1(6)7/h3-8H,2,9-12H2,1H3;(H,6,7). The van der Waals surface area contributed by atoms with E-state index in [1.165, 1.54) is 6.07 Å². The zero-order valence-corrected chi connectivity index (χ0v) is 19.0. The number of aliphatic carboxylic acids is 1. The Morgan fingerprint density at radius 1 is 0.914 bits per heavy atom. The third-order valence-electron chi connectivity index (χ3n) is 4.61. The highest BCUT2D eigenvalue weighted by Crippen LogP contribution is 2.30. The molecular weight excluding hydrogens is 506 g/mol. The molecule has 0 aliphatic carbocycles. The zero-order valence-electron chi connectivity index (χ0n) is 18.2. The Balaban J connectivity index is 0.000000540. The number of rotatable bonds is 5. The molecule has 0 spiro atoms. The van der Waals surface area contributed by atoms with E-state index >= 15 is 0 Å². The minimum absolute atomic E-state index is 0.135. The first-order chi connectivity index (χ1) is 16.3. The maximum atomic E-state index is 12.6. The third-order valence-corrected chi connectivity index (χ3v) is 5.69. The minimum Gasteiger partial charge on any atom is -0.492 e. The predicted molar refractivity (Wildman–Crippen MR) is 114 cm³/mol. The van der Waals surface area contributed by atoms with Gasteiger partial charge in [-0.3, -0.25) is 9.59 Å². The Kier molecular flexibility index (Phi) is 9.12. The third kappa shape index (κ3) is 7.60. The average Bonchev–Trinajstić information content (AvgIpc) is 3.28. The van der Waals surface area contributed by atoms with Crippen molar-refractivity contribution in [3.8, 4) is 5.75 Å². The van der Waals surface area contributed by atoms with Gasteiger partial charge in [0.2, 0.25) is 0 Å².